The maximum absolute atomic E-state index is 14.5. The quantitative estimate of drug-likeness (QED) is 0.342. The molecule has 0 aliphatic carbocycles. The lowest BCUT2D eigenvalue weighted by Crippen LogP contribution is -2.51. The molecule has 3 N–H and O–H groups in total. The third-order valence-electron chi connectivity index (χ3n) is 9.11. The molecule has 8 rings (SSSR count). The van der Waals surface area contributed by atoms with E-state index < -0.39 is 12.0 Å². The molecule has 4 aliphatic rings. The van der Waals surface area contributed by atoms with E-state index in [4.69, 9.17) is 37.0 Å². The minimum absolute atomic E-state index is 0.213. The molecule has 13 heteroatoms. The number of hydrogen-bond acceptors (Lipinski definition) is 10. The number of nitrogens with two attached hydrogens (primary N) is 1. The second-order valence-electron chi connectivity index (χ2n) is 11.8. The number of ether oxygens (including phenoxy) is 1. The second kappa shape index (κ2) is 9.55. The van der Waals surface area contributed by atoms with E-state index in [1.54, 1.807) is 6.07 Å². The van der Waals surface area contributed by atoms with Crippen LogP contribution < -0.4 is 20.7 Å². The van der Waals surface area contributed by atoms with Crippen LogP contribution in [0.3, 0.4) is 0 Å². The Balaban J connectivity index is 1.23. The van der Waals surface area contributed by atoms with Crippen LogP contribution in [0.2, 0.25) is 5.02 Å². The molecule has 1 aromatic carbocycles. The van der Waals surface area contributed by atoms with Gasteiger partial charge in [-0.05, 0) is 50.4 Å². The lowest BCUT2D eigenvalue weighted by atomic mass is 9.95. The van der Waals surface area contributed by atoms with Gasteiger partial charge in [-0.3, -0.25) is 4.90 Å². The van der Waals surface area contributed by atoms with Crippen LogP contribution in [0.1, 0.15) is 32.1 Å². The molecule has 0 amide bonds. The molecular weight excluding hydrogens is 570 g/mol. The zero-order chi connectivity index (χ0) is 27.9. The van der Waals surface area contributed by atoms with E-state index in [0.29, 0.717) is 69.2 Å². The minimum atomic E-state index is -0.845. The van der Waals surface area contributed by atoms with Crippen molar-refractivity contribution >= 4 is 55.1 Å². The summed E-state index contributed by atoms with van der Waals surface area (Å²) in [6.45, 7) is 3.27. The number of piperazine rings is 1. The summed E-state index contributed by atoms with van der Waals surface area (Å²) in [4.78, 5) is 23.4. The smallest absolute Gasteiger partial charge is 0.320 e. The highest BCUT2D eigenvalue weighted by molar-refractivity contribution is 7.22. The zero-order valence-corrected chi connectivity index (χ0v) is 23.8. The molecule has 4 aromatic rings. The Bertz CT molecular complexity index is 1680. The van der Waals surface area contributed by atoms with Crippen LogP contribution in [0.25, 0.3) is 32.5 Å². The molecular formula is C28H29ClF2N8OS. The summed E-state index contributed by atoms with van der Waals surface area (Å²) >= 11 is 7.94. The number of aromatic nitrogens is 4. The van der Waals surface area contributed by atoms with Crippen LogP contribution in [0, 0.1) is 5.82 Å². The number of alkyl halides is 1. The Morgan fingerprint density at radius 1 is 1.15 bits per heavy atom. The van der Waals surface area contributed by atoms with Crippen molar-refractivity contribution in [1.82, 2.24) is 30.2 Å². The first-order valence-electron chi connectivity index (χ1n) is 14.1. The number of benzene rings is 1. The van der Waals surface area contributed by atoms with Crippen molar-refractivity contribution in [3.63, 3.8) is 0 Å². The van der Waals surface area contributed by atoms with Gasteiger partial charge in [0.2, 0.25) is 0 Å². The van der Waals surface area contributed by atoms with Gasteiger partial charge in [-0.1, -0.05) is 22.9 Å². The lowest BCUT2D eigenvalue weighted by molar-refractivity contribution is 0.107. The van der Waals surface area contributed by atoms with Crippen LogP contribution in [0.4, 0.5) is 19.7 Å². The normalized spacial score (nSPS) is 27.8. The van der Waals surface area contributed by atoms with Crippen molar-refractivity contribution in [3.8, 4) is 17.3 Å². The molecule has 4 saturated heterocycles. The third kappa shape index (κ3) is 4.29. The third-order valence-corrected chi connectivity index (χ3v) is 10.3. The van der Waals surface area contributed by atoms with Gasteiger partial charge in [0.1, 0.15) is 24.4 Å². The van der Waals surface area contributed by atoms with E-state index in [2.05, 4.69) is 20.1 Å². The van der Waals surface area contributed by atoms with Crippen molar-refractivity contribution in [2.45, 2.75) is 55.9 Å². The standard InChI is InChI=1S/C28H29ClF2N8OS/c29-19-8-18-24(34-21(19)17-4-5-20(31)23-22(17)35-26(32)41-23)36-27(37-25(18)38-11-15-2-3-16(12-38)33-15)40-13-28-6-1-7-39(28)10-14(30)9-28/h4-5,8,14-16,33H,1-3,6-7,9-13H2,(H2,32,35)/t14-,15?,16?,28+/m1/s1. The summed E-state index contributed by atoms with van der Waals surface area (Å²) in [5.74, 6) is 0.327. The number of nitrogens with one attached hydrogen (secondary N) is 1. The van der Waals surface area contributed by atoms with E-state index >= 15 is 0 Å². The molecule has 41 heavy (non-hydrogen) atoms. The highest BCUT2D eigenvalue weighted by atomic mass is 35.5. The van der Waals surface area contributed by atoms with Crippen LogP contribution in [-0.4, -0.2) is 81.4 Å². The molecule has 7 heterocycles. The minimum Gasteiger partial charge on any atom is -0.461 e. The number of thiazole rings is 1. The average Bonchev–Trinajstić information content (AvgIpc) is 3.69. The number of fused-ring (bicyclic) bond motifs is 5. The number of pyridine rings is 1. The first-order chi connectivity index (χ1) is 19.8. The molecule has 4 fully saturated rings. The van der Waals surface area contributed by atoms with Crippen molar-refractivity contribution in [1.29, 1.82) is 0 Å². The van der Waals surface area contributed by atoms with E-state index in [-0.39, 0.29) is 16.7 Å². The van der Waals surface area contributed by atoms with E-state index in [1.165, 1.54) is 6.07 Å². The Morgan fingerprint density at radius 2 is 1.98 bits per heavy atom. The summed E-state index contributed by atoms with van der Waals surface area (Å²) in [6.07, 6.45) is 3.78. The van der Waals surface area contributed by atoms with Gasteiger partial charge in [-0.25, -0.2) is 18.7 Å². The topological polar surface area (TPSA) is 105 Å². The summed E-state index contributed by atoms with van der Waals surface area (Å²) in [6, 6.07) is 5.81. The molecule has 214 valence electrons. The fourth-order valence-corrected chi connectivity index (χ4v) is 8.31. The van der Waals surface area contributed by atoms with Crippen molar-refractivity contribution in [2.75, 3.05) is 43.4 Å². The maximum atomic E-state index is 14.5. The maximum Gasteiger partial charge on any atom is 0.320 e. The van der Waals surface area contributed by atoms with E-state index in [0.717, 1.165) is 62.5 Å². The monoisotopic (exact) mass is 598 g/mol. The first-order valence-corrected chi connectivity index (χ1v) is 15.3. The largest absolute Gasteiger partial charge is 0.461 e. The van der Waals surface area contributed by atoms with E-state index in [9.17, 15) is 8.78 Å². The predicted octanol–water partition coefficient (Wildman–Crippen LogP) is 4.57. The number of nitrogens with zero attached hydrogens (tertiary/aromatic N) is 6. The predicted molar refractivity (Wildman–Crippen MR) is 156 cm³/mol. The molecule has 2 unspecified atom stereocenters. The van der Waals surface area contributed by atoms with Gasteiger partial charge in [0.05, 0.1) is 31.9 Å². The SMILES string of the molecule is Nc1nc2c(-c3nc4nc(OC[C@@]56CCCN5C[C@H](F)C6)nc(N5CC6CCC(C5)N6)c4cc3Cl)ccc(F)c2s1. The fraction of sp³-hybridized carbons (Fsp3) is 0.500. The van der Waals surface area contributed by atoms with Crippen LogP contribution >= 0.6 is 22.9 Å². The van der Waals surface area contributed by atoms with Gasteiger partial charge in [-0.2, -0.15) is 9.97 Å². The Labute approximate surface area is 244 Å². The van der Waals surface area contributed by atoms with Crippen LogP contribution in [-0.2, 0) is 0 Å². The van der Waals surface area contributed by atoms with Crippen molar-refractivity contribution in [3.05, 3.63) is 29.0 Å². The van der Waals surface area contributed by atoms with Gasteiger partial charge < -0.3 is 20.7 Å². The van der Waals surface area contributed by atoms with Gasteiger partial charge in [0.25, 0.3) is 0 Å². The summed E-state index contributed by atoms with van der Waals surface area (Å²) in [7, 11) is 0. The summed E-state index contributed by atoms with van der Waals surface area (Å²) in [5, 5.41) is 5.03. The molecule has 0 saturated carbocycles. The molecule has 3 aromatic heterocycles. The van der Waals surface area contributed by atoms with Crippen LogP contribution in [0.5, 0.6) is 6.01 Å². The van der Waals surface area contributed by atoms with Crippen LogP contribution in [0.15, 0.2) is 18.2 Å². The van der Waals surface area contributed by atoms with Crippen molar-refractivity contribution < 1.29 is 13.5 Å². The van der Waals surface area contributed by atoms with Gasteiger partial charge in [0.15, 0.2) is 10.8 Å². The molecule has 0 radical (unpaired) electrons. The molecule has 4 atom stereocenters. The second-order valence-corrected chi connectivity index (χ2v) is 13.2. The highest BCUT2D eigenvalue weighted by Crippen LogP contribution is 2.42. The first kappa shape index (κ1) is 25.8. The number of rotatable bonds is 5. The highest BCUT2D eigenvalue weighted by Gasteiger charge is 2.49. The Morgan fingerprint density at radius 3 is 2.80 bits per heavy atom. The number of nitrogen functional groups attached to an aromatic ring is 1. The van der Waals surface area contributed by atoms with E-state index in [1.807, 2.05) is 6.07 Å². The molecule has 2 bridgehead atoms. The Kier molecular flexibility index (Phi) is 6.00. The number of hydrogen-bond donors (Lipinski definition) is 2. The molecule has 9 nitrogen and oxygen atoms in total. The molecule has 4 aliphatic heterocycles. The summed E-state index contributed by atoms with van der Waals surface area (Å²) < 4.78 is 35.6. The number of halogens is 3. The van der Waals surface area contributed by atoms with Crippen molar-refractivity contribution in [2.24, 2.45) is 0 Å². The van der Waals surface area contributed by atoms with Gasteiger partial charge in [-0.15, -0.1) is 0 Å². The lowest BCUT2D eigenvalue weighted by Gasteiger charge is -2.34. The average molecular weight is 599 g/mol. The van der Waals surface area contributed by atoms with Gasteiger partial charge in [0, 0.05) is 43.7 Å². The fourth-order valence-electron chi connectivity index (χ4n) is 7.29. The zero-order valence-electron chi connectivity index (χ0n) is 22.2. The molecule has 0 spiro atoms. The Hall–Kier alpha value is -2.93. The summed E-state index contributed by atoms with van der Waals surface area (Å²) in [5.41, 5.74) is 7.44. The number of anilines is 2. The van der Waals surface area contributed by atoms with Gasteiger partial charge >= 0.3 is 6.01 Å².